The van der Waals surface area contributed by atoms with Crippen molar-refractivity contribution in [2.45, 2.75) is 13.5 Å². The smallest absolute Gasteiger partial charge is 0.316 e. The van der Waals surface area contributed by atoms with Gasteiger partial charge in [0.1, 0.15) is 0 Å². The first-order chi connectivity index (χ1) is 10.5. The zero-order valence-electron chi connectivity index (χ0n) is 12.2. The maximum absolute atomic E-state index is 12.0. The SMILES string of the molecule is CC(=O)Nc1ccc(N(O)C(=O)C[n+]2ccccc2)cc1Cl.[Cl-]. The molecule has 1 heterocycles. The number of nitrogens with zero attached hydrogens (tertiary/aromatic N) is 2. The summed E-state index contributed by atoms with van der Waals surface area (Å²) in [5.74, 6) is -0.772. The van der Waals surface area contributed by atoms with Crippen molar-refractivity contribution in [2.24, 2.45) is 0 Å². The van der Waals surface area contributed by atoms with Gasteiger partial charge in [-0.25, -0.2) is 0 Å². The van der Waals surface area contributed by atoms with Gasteiger partial charge in [-0.1, -0.05) is 17.7 Å². The van der Waals surface area contributed by atoms with Gasteiger partial charge in [-0.2, -0.15) is 9.63 Å². The highest BCUT2D eigenvalue weighted by atomic mass is 35.5. The van der Waals surface area contributed by atoms with E-state index in [0.29, 0.717) is 10.8 Å². The third-order valence-corrected chi connectivity index (χ3v) is 3.15. The van der Waals surface area contributed by atoms with Gasteiger partial charge >= 0.3 is 5.91 Å². The van der Waals surface area contributed by atoms with E-state index in [4.69, 9.17) is 11.6 Å². The molecule has 0 bridgehead atoms. The number of benzene rings is 1. The molecule has 0 saturated heterocycles. The Kier molecular flexibility index (Phi) is 6.96. The Bertz CT molecular complexity index is 696. The van der Waals surface area contributed by atoms with Gasteiger partial charge in [0.25, 0.3) is 0 Å². The van der Waals surface area contributed by atoms with Crippen molar-refractivity contribution in [3.8, 4) is 0 Å². The van der Waals surface area contributed by atoms with Gasteiger partial charge in [0.2, 0.25) is 12.5 Å². The number of carbonyl (C=O) groups is 2. The van der Waals surface area contributed by atoms with Gasteiger partial charge in [-0.15, -0.1) is 0 Å². The first-order valence-corrected chi connectivity index (χ1v) is 6.88. The molecule has 23 heavy (non-hydrogen) atoms. The highest BCUT2D eigenvalue weighted by molar-refractivity contribution is 6.34. The van der Waals surface area contributed by atoms with Crippen LogP contribution in [0, 0.1) is 0 Å². The minimum Gasteiger partial charge on any atom is -1.00 e. The van der Waals surface area contributed by atoms with Crippen LogP contribution in [0.4, 0.5) is 11.4 Å². The number of halogens is 2. The van der Waals surface area contributed by atoms with E-state index in [2.05, 4.69) is 5.32 Å². The Morgan fingerprint density at radius 1 is 1.26 bits per heavy atom. The molecule has 2 amide bonds. The maximum Gasteiger partial charge on any atom is 0.316 e. The molecule has 1 aromatic carbocycles. The summed E-state index contributed by atoms with van der Waals surface area (Å²) < 4.78 is 1.64. The molecule has 2 N–H and O–H groups in total. The van der Waals surface area contributed by atoms with Crippen molar-refractivity contribution in [2.75, 3.05) is 10.4 Å². The molecule has 0 radical (unpaired) electrons. The Hall–Kier alpha value is -2.15. The first-order valence-electron chi connectivity index (χ1n) is 6.50. The highest BCUT2D eigenvalue weighted by Crippen LogP contribution is 2.27. The lowest BCUT2D eigenvalue weighted by Gasteiger charge is -2.15. The summed E-state index contributed by atoms with van der Waals surface area (Å²) in [6, 6.07) is 9.82. The van der Waals surface area contributed by atoms with Crippen LogP contribution < -0.4 is 27.4 Å². The van der Waals surface area contributed by atoms with E-state index in [0.717, 1.165) is 0 Å². The van der Waals surface area contributed by atoms with E-state index in [1.807, 2.05) is 6.07 Å². The molecular weight excluding hydrogens is 341 g/mol. The van der Waals surface area contributed by atoms with Crippen molar-refractivity contribution < 1.29 is 31.8 Å². The first kappa shape index (κ1) is 18.9. The second kappa shape index (κ2) is 8.47. The molecule has 122 valence electrons. The lowest BCUT2D eigenvalue weighted by atomic mass is 10.2. The quantitative estimate of drug-likeness (QED) is 0.420. The van der Waals surface area contributed by atoms with Crippen LogP contribution in [0.1, 0.15) is 6.92 Å². The molecule has 1 aromatic heterocycles. The minimum absolute atomic E-state index is 0. The Morgan fingerprint density at radius 2 is 1.91 bits per heavy atom. The summed E-state index contributed by atoms with van der Waals surface area (Å²) in [4.78, 5) is 23.0. The molecule has 0 aliphatic carbocycles. The average Bonchev–Trinajstić information content (AvgIpc) is 2.49. The van der Waals surface area contributed by atoms with Crippen molar-refractivity contribution in [3.05, 3.63) is 53.8 Å². The summed E-state index contributed by atoms with van der Waals surface area (Å²) in [6.07, 6.45) is 3.44. The number of rotatable bonds is 4. The molecule has 0 fully saturated rings. The number of hydrogen-bond acceptors (Lipinski definition) is 3. The molecule has 0 aliphatic rings. The Morgan fingerprint density at radius 3 is 2.48 bits per heavy atom. The zero-order valence-corrected chi connectivity index (χ0v) is 13.8. The second-order valence-electron chi connectivity index (χ2n) is 4.60. The molecule has 8 heteroatoms. The number of pyridine rings is 1. The summed E-state index contributed by atoms with van der Waals surface area (Å²) in [7, 11) is 0. The number of hydroxylamine groups is 1. The molecule has 0 saturated carbocycles. The van der Waals surface area contributed by atoms with E-state index >= 15 is 0 Å². The van der Waals surface area contributed by atoms with Crippen LogP contribution >= 0.6 is 11.6 Å². The molecule has 0 unspecified atom stereocenters. The monoisotopic (exact) mass is 355 g/mol. The van der Waals surface area contributed by atoms with Gasteiger partial charge in [-0.05, 0) is 18.2 Å². The normalized spacial score (nSPS) is 9.70. The lowest BCUT2D eigenvalue weighted by Crippen LogP contribution is -3.00. The predicted octanol–water partition coefficient (Wildman–Crippen LogP) is -0.988. The Balaban J connectivity index is 0.00000264. The summed E-state index contributed by atoms with van der Waals surface area (Å²) in [5, 5.41) is 13.3. The summed E-state index contributed by atoms with van der Waals surface area (Å²) >= 11 is 6.01. The molecule has 0 spiro atoms. The summed E-state index contributed by atoms with van der Waals surface area (Å²) in [5.41, 5.74) is 0.636. The number of amides is 2. The van der Waals surface area contributed by atoms with E-state index < -0.39 is 5.91 Å². The molecular formula is C15H15Cl2N3O3. The fourth-order valence-electron chi connectivity index (χ4n) is 1.83. The van der Waals surface area contributed by atoms with Crippen LogP contribution in [0.3, 0.4) is 0 Å². The molecule has 0 aliphatic heterocycles. The molecule has 6 nitrogen and oxygen atoms in total. The van der Waals surface area contributed by atoms with Crippen molar-refractivity contribution in [1.82, 2.24) is 0 Å². The van der Waals surface area contributed by atoms with Gasteiger partial charge in [0.05, 0.1) is 16.4 Å². The van der Waals surface area contributed by atoms with Crippen molar-refractivity contribution in [1.29, 1.82) is 0 Å². The number of hydrogen-bond donors (Lipinski definition) is 2. The fourth-order valence-corrected chi connectivity index (χ4v) is 2.06. The second-order valence-corrected chi connectivity index (χ2v) is 5.01. The fraction of sp³-hybridized carbons (Fsp3) is 0.133. The third kappa shape index (κ3) is 5.21. The zero-order chi connectivity index (χ0) is 16.1. The summed E-state index contributed by atoms with van der Waals surface area (Å²) in [6.45, 7) is 1.35. The topological polar surface area (TPSA) is 73.5 Å². The van der Waals surface area contributed by atoms with Crippen molar-refractivity contribution >= 4 is 34.8 Å². The molecule has 2 rings (SSSR count). The van der Waals surface area contributed by atoms with Crippen LogP contribution in [0.2, 0.25) is 5.02 Å². The van der Waals surface area contributed by atoms with Gasteiger partial charge in [0, 0.05) is 19.1 Å². The number of nitrogens with one attached hydrogen (secondary N) is 1. The van der Waals surface area contributed by atoms with Crippen LogP contribution in [-0.2, 0) is 16.1 Å². The number of carbonyl (C=O) groups excluding carboxylic acids is 2. The lowest BCUT2D eigenvalue weighted by molar-refractivity contribution is -0.684. The van der Waals surface area contributed by atoms with Crippen LogP contribution in [0.15, 0.2) is 48.8 Å². The van der Waals surface area contributed by atoms with Gasteiger partial charge < -0.3 is 17.7 Å². The van der Waals surface area contributed by atoms with Crippen molar-refractivity contribution in [3.63, 3.8) is 0 Å². The van der Waals surface area contributed by atoms with E-state index in [-0.39, 0.29) is 35.6 Å². The number of anilines is 2. The Labute approximate surface area is 144 Å². The average molecular weight is 356 g/mol. The molecule has 0 atom stereocenters. The maximum atomic E-state index is 12.0. The van der Waals surface area contributed by atoms with Gasteiger partial charge in [0.15, 0.2) is 12.4 Å². The highest BCUT2D eigenvalue weighted by Gasteiger charge is 2.18. The van der Waals surface area contributed by atoms with E-state index in [9.17, 15) is 14.8 Å². The minimum atomic E-state index is -0.514. The van der Waals surface area contributed by atoms with Gasteiger partial charge in [-0.3, -0.25) is 14.8 Å². The predicted molar refractivity (Wildman–Crippen MR) is 81.7 cm³/mol. The van der Waals surface area contributed by atoms with E-state index in [1.54, 1.807) is 29.1 Å². The standard InChI is InChI=1S/C15H14ClN3O3.ClH/c1-11(20)17-14-6-5-12(9-13(14)16)19(22)15(21)10-18-7-3-2-4-8-18;/h2-9,22H,10H2,1H3;1H. The van der Waals surface area contributed by atoms with Crippen LogP contribution in [0.25, 0.3) is 0 Å². The largest absolute Gasteiger partial charge is 1.00 e. The van der Waals surface area contributed by atoms with Crippen LogP contribution in [-0.4, -0.2) is 17.0 Å². The third-order valence-electron chi connectivity index (χ3n) is 2.84. The molecule has 2 aromatic rings. The van der Waals surface area contributed by atoms with E-state index in [1.165, 1.54) is 25.1 Å². The van der Waals surface area contributed by atoms with Crippen LogP contribution in [0.5, 0.6) is 0 Å². The number of aromatic nitrogens is 1.